The van der Waals surface area contributed by atoms with Crippen LogP contribution in [0.3, 0.4) is 0 Å². The number of methoxy groups -OCH3 is 2. The zero-order chi connectivity index (χ0) is 15.4. The highest BCUT2D eigenvalue weighted by atomic mass is 16.5. The van der Waals surface area contributed by atoms with Crippen LogP contribution in [0.4, 0.5) is 0 Å². The lowest BCUT2D eigenvalue weighted by molar-refractivity contribution is 0.418. The van der Waals surface area contributed by atoms with Crippen molar-refractivity contribution in [1.29, 1.82) is 0 Å². The molecule has 0 saturated heterocycles. The fraction of sp³-hybridized carbons (Fsp3) is 0.176. The number of rotatable bonds is 2. The first kappa shape index (κ1) is 12.9. The highest BCUT2D eigenvalue weighted by Gasteiger charge is 2.20. The maximum absolute atomic E-state index is 13.1. The lowest BCUT2D eigenvalue weighted by Gasteiger charge is -2.10. The smallest absolute Gasteiger partial charge is 0.204 e. The van der Waals surface area contributed by atoms with Crippen LogP contribution in [0.15, 0.2) is 35.1 Å². The van der Waals surface area contributed by atoms with Gasteiger partial charge in [-0.25, -0.2) is 4.52 Å². The van der Waals surface area contributed by atoms with E-state index < -0.39 is 0 Å². The molecule has 5 heteroatoms. The molecule has 2 heterocycles. The van der Waals surface area contributed by atoms with Crippen LogP contribution in [0.5, 0.6) is 11.5 Å². The van der Waals surface area contributed by atoms with Crippen LogP contribution in [-0.2, 0) is 0 Å². The van der Waals surface area contributed by atoms with Gasteiger partial charge >= 0.3 is 0 Å². The van der Waals surface area contributed by atoms with Crippen LogP contribution >= 0.6 is 0 Å². The molecular weight excluding hydrogens is 280 g/mol. The summed E-state index contributed by atoms with van der Waals surface area (Å²) in [6.45, 7) is 1.94. The van der Waals surface area contributed by atoms with Crippen LogP contribution in [-0.4, -0.2) is 23.8 Å². The molecule has 0 bridgehead atoms. The number of benzene rings is 2. The first-order valence-electron chi connectivity index (χ1n) is 6.95. The Balaban J connectivity index is 2.44. The predicted molar refractivity (Wildman–Crippen MR) is 85.5 cm³/mol. The van der Waals surface area contributed by atoms with Gasteiger partial charge in [0.25, 0.3) is 0 Å². The van der Waals surface area contributed by atoms with Crippen molar-refractivity contribution in [2.24, 2.45) is 0 Å². The van der Waals surface area contributed by atoms with E-state index in [4.69, 9.17) is 9.47 Å². The first-order chi connectivity index (χ1) is 10.7. The zero-order valence-electron chi connectivity index (χ0n) is 12.5. The standard InChI is InChI=1S/C17H14N2O3/c1-9-10-7-8-13(22-3)15-16(10)19(18-9)11-5-4-6-12(21-2)14(11)17(15)20/h4-8H,1-3H3. The number of hydrogen-bond acceptors (Lipinski definition) is 4. The van der Waals surface area contributed by atoms with Gasteiger partial charge in [-0.3, -0.25) is 4.79 Å². The largest absolute Gasteiger partial charge is 0.496 e. The number of fused-ring (bicyclic) bond motifs is 2. The van der Waals surface area contributed by atoms with E-state index >= 15 is 0 Å². The van der Waals surface area contributed by atoms with Crippen LogP contribution < -0.4 is 14.9 Å². The summed E-state index contributed by atoms with van der Waals surface area (Å²) >= 11 is 0. The Morgan fingerprint density at radius 3 is 2.45 bits per heavy atom. The average Bonchev–Trinajstić information content (AvgIpc) is 2.89. The van der Waals surface area contributed by atoms with Crippen molar-refractivity contribution in [3.8, 4) is 11.5 Å². The third kappa shape index (κ3) is 1.43. The number of nitrogens with zero attached hydrogens (tertiary/aromatic N) is 2. The molecule has 22 heavy (non-hydrogen) atoms. The average molecular weight is 294 g/mol. The SMILES string of the molecule is COc1cccc2c1c(=O)c1c(OC)ccc3c(C)nn2c31. The van der Waals surface area contributed by atoms with Crippen LogP contribution in [0.1, 0.15) is 5.69 Å². The molecular formula is C17H14N2O3. The minimum absolute atomic E-state index is 0.0951. The van der Waals surface area contributed by atoms with Crippen molar-refractivity contribution in [3.63, 3.8) is 0 Å². The molecule has 5 nitrogen and oxygen atoms in total. The second-order valence-corrected chi connectivity index (χ2v) is 5.22. The van der Waals surface area contributed by atoms with Gasteiger partial charge in [0.15, 0.2) is 0 Å². The molecule has 0 spiro atoms. The minimum atomic E-state index is -0.0951. The molecule has 2 aromatic heterocycles. The van der Waals surface area contributed by atoms with Gasteiger partial charge in [0, 0.05) is 5.39 Å². The highest BCUT2D eigenvalue weighted by Crippen LogP contribution is 2.33. The number of pyridine rings is 1. The molecule has 4 aromatic rings. The number of ether oxygens (including phenoxy) is 2. The second-order valence-electron chi connectivity index (χ2n) is 5.22. The van der Waals surface area contributed by atoms with Gasteiger partial charge in [-0.1, -0.05) is 6.07 Å². The molecule has 0 atom stereocenters. The van der Waals surface area contributed by atoms with E-state index in [2.05, 4.69) is 5.10 Å². The van der Waals surface area contributed by atoms with Crippen molar-refractivity contribution in [2.45, 2.75) is 6.92 Å². The van der Waals surface area contributed by atoms with E-state index in [-0.39, 0.29) is 5.43 Å². The molecule has 4 rings (SSSR count). The van der Waals surface area contributed by atoms with Gasteiger partial charge in [0.1, 0.15) is 11.5 Å². The molecule has 0 radical (unpaired) electrons. The van der Waals surface area contributed by atoms with Crippen molar-refractivity contribution in [1.82, 2.24) is 9.61 Å². The molecule has 0 amide bonds. The molecule has 0 saturated carbocycles. The summed E-state index contributed by atoms with van der Waals surface area (Å²) in [7, 11) is 3.13. The molecule has 0 aliphatic heterocycles. The lowest BCUT2D eigenvalue weighted by Crippen LogP contribution is -2.09. The summed E-state index contributed by atoms with van der Waals surface area (Å²) in [5, 5.41) is 6.62. The third-order valence-corrected chi connectivity index (χ3v) is 4.12. The summed E-state index contributed by atoms with van der Waals surface area (Å²) in [6.07, 6.45) is 0. The van der Waals surface area contributed by atoms with Crippen LogP contribution in [0.25, 0.3) is 27.2 Å². The Bertz CT molecular complexity index is 1080. The quantitative estimate of drug-likeness (QED) is 0.533. The Hall–Kier alpha value is -2.82. The topological polar surface area (TPSA) is 52.8 Å². The molecule has 110 valence electrons. The van der Waals surface area contributed by atoms with E-state index in [1.165, 1.54) is 0 Å². The fourth-order valence-electron chi connectivity index (χ4n) is 3.12. The van der Waals surface area contributed by atoms with Gasteiger partial charge < -0.3 is 9.47 Å². The maximum Gasteiger partial charge on any atom is 0.204 e. The van der Waals surface area contributed by atoms with E-state index in [0.717, 1.165) is 22.1 Å². The van der Waals surface area contributed by atoms with Gasteiger partial charge in [-0.05, 0) is 31.2 Å². The summed E-state index contributed by atoms with van der Waals surface area (Å²) in [5.41, 5.74) is 2.32. The second kappa shape index (κ2) is 4.34. The van der Waals surface area contributed by atoms with E-state index in [1.54, 1.807) is 20.3 Å². The van der Waals surface area contributed by atoms with Gasteiger partial charge in [0.2, 0.25) is 5.43 Å². The Labute approximate surface area is 126 Å². The normalized spacial score (nSPS) is 11.6. The Morgan fingerprint density at radius 2 is 1.73 bits per heavy atom. The highest BCUT2D eigenvalue weighted by molar-refractivity contribution is 6.07. The van der Waals surface area contributed by atoms with Crippen LogP contribution in [0.2, 0.25) is 0 Å². The summed E-state index contributed by atoms with van der Waals surface area (Å²) in [6, 6.07) is 9.28. The first-order valence-corrected chi connectivity index (χ1v) is 6.95. The van der Waals surface area contributed by atoms with E-state index in [9.17, 15) is 4.79 Å². The molecule has 0 unspecified atom stereocenters. The van der Waals surface area contributed by atoms with Crippen molar-refractivity contribution < 1.29 is 9.47 Å². The van der Waals surface area contributed by atoms with Crippen molar-refractivity contribution in [2.75, 3.05) is 14.2 Å². The fourth-order valence-corrected chi connectivity index (χ4v) is 3.12. The number of hydrogen-bond donors (Lipinski definition) is 0. The molecule has 0 N–H and O–H groups in total. The monoisotopic (exact) mass is 294 g/mol. The van der Waals surface area contributed by atoms with Gasteiger partial charge in [-0.15, -0.1) is 0 Å². The number of aryl methyl sites for hydroxylation is 1. The van der Waals surface area contributed by atoms with Gasteiger partial charge in [-0.2, -0.15) is 5.10 Å². The number of aromatic nitrogens is 2. The third-order valence-electron chi connectivity index (χ3n) is 4.12. The molecule has 0 aliphatic carbocycles. The Kier molecular flexibility index (Phi) is 2.54. The maximum atomic E-state index is 13.1. The summed E-state index contributed by atoms with van der Waals surface area (Å²) in [5.74, 6) is 1.09. The molecule has 0 aliphatic rings. The van der Waals surface area contributed by atoms with Gasteiger partial charge in [0.05, 0.1) is 41.7 Å². The minimum Gasteiger partial charge on any atom is -0.496 e. The zero-order valence-corrected chi connectivity index (χ0v) is 12.5. The lowest BCUT2D eigenvalue weighted by atomic mass is 10.1. The van der Waals surface area contributed by atoms with Crippen LogP contribution in [0, 0.1) is 6.92 Å². The molecule has 0 fully saturated rings. The summed E-state index contributed by atoms with van der Waals surface area (Å²) in [4.78, 5) is 13.1. The van der Waals surface area contributed by atoms with E-state index in [1.807, 2.05) is 35.7 Å². The van der Waals surface area contributed by atoms with Crippen molar-refractivity contribution >= 4 is 27.2 Å². The summed E-state index contributed by atoms with van der Waals surface area (Å²) < 4.78 is 12.6. The van der Waals surface area contributed by atoms with Crippen molar-refractivity contribution in [3.05, 3.63) is 46.2 Å². The van der Waals surface area contributed by atoms with E-state index in [0.29, 0.717) is 22.3 Å². The molecule has 2 aromatic carbocycles. The Morgan fingerprint density at radius 1 is 1.00 bits per heavy atom. The predicted octanol–water partition coefficient (Wildman–Crippen LogP) is 2.76.